The van der Waals surface area contributed by atoms with Crippen LogP contribution in [-0.4, -0.2) is 38.2 Å². The zero-order valence-corrected chi connectivity index (χ0v) is 18.1. The van der Waals surface area contributed by atoms with Gasteiger partial charge in [-0.05, 0) is 57.5 Å². The molecule has 5 nitrogen and oxygen atoms in total. The number of halogens is 3. The van der Waals surface area contributed by atoms with Crippen LogP contribution in [0.15, 0.2) is 42.5 Å². The van der Waals surface area contributed by atoms with Crippen molar-refractivity contribution in [3.05, 3.63) is 53.6 Å². The quantitative estimate of drug-likeness (QED) is 0.570. The van der Waals surface area contributed by atoms with Crippen molar-refractivity contribution in [3.8, 4) is 0 Å². The van der Waals surface area contributed by atoms with Crippen LogP contribution in [-0.2, 0) is 15.7 Å². The molecule has 1 fully saturated rings. The molecular formula is C24H30F3N3O2. The van der Waals surface area contributed by atoms with E-state index in [0.29, 0.717) is 30.6 Å². The maximum absolute atomic E-state index is 13.4. The van der Waals surface area contributed by atoms with Gasteiger partial charge < -0.3 is 20.7 Å². The Morgan fingerprint density at radius 3 is 2.78 bits per heavy atom. The topological polar surface area (TPSA) is 62.4 Å². The molecule has 2 aliphatic heterocycles. The fraction of sp³-hybridized carbons (Fsp3) is 0.542. The number of hydrogen-bond donors (Lipinski definition) is 3. The number of allylic oxidation sites excluding steroid dienone is 3. The van der Waals surface area contributed by atoms with Crippen LogP contribution in [0.3, 0.4) is 0 Å². The molecule has 32 heavy (non-hydrogen) atoms. The van der Waals surface area contributed by atoms with Crippen molar-refractivity contribution in [1.82, 2.24) is 10.6 Å². The first-order valence-corrected chi connectivity index (χ1v) is 11.3. The van der Waals surface area contributed by atoms with Gasteiger partial charge in [-0.2, -0.15) is 13.2 Å². The maximum Gasteiger partial charge on any atom is 0.416 e. The van der Waals surface area contributed by atoms with Crippen LogP contribution in [0.2, 0.25) is 0 Å². The number of rotatable bonds is 6. The summed E-state index contributed by atoms with van der Waals surface area (Å²) in [5.41, 5.74) is 0.448. The molecular weight excluding hydrogens is 419 g/mol. The normalized spacial score (nSPS) is 29.1. The summed E-state index contributed by atoms with van der Waals surface area (Å²) < 4.78 is 46.5. The molecule has 1 aromatic carbocycles. The van der Waals surface area contributed by atoms with Crippen molar-refractivity contribution in [1.29, 1.82) is 0 Å². The van der Waals surface area contributed by atoms with Crippen molar-refractivity contribution in [2.45, 2.75) is 50.1 Å². The Kier molecular flexibility index (Phi) is 6.90. The lowest BCUT2D eigenvalue weighted by atomic mass is 9.73. The molecule has 1 unspecified atom stereocenters. The standard InChI is InChI=1S/C24H30F3N3O2/c1-28-12-5-13-29-23(31)20-11-9-17-21(15-6-3-2-4-7-15)30-19-10-8-16(24(25,26)27)14-18(19)22(17)32-20/h2-4,6,8,10,14-15,17,20-22,28,30H,5,7,9,11-13H2,1H3,(H,29,31)/t15?,17-,20+,21-,22-/m0/s1. The van der Waals surface area contributed by atoms with Gasteiger partial charge in [0.05, 0.1) is 11.7 Å². The minimum absolute atomic E-state index is 0.0134. The average molecular weight is 450 g/mol. The number of benzene rings is 1. The predicted molar refractivity (Wildman–Crippen MR) is 117 cm³/mol. The number of amides is 1. The van der Waals surface area contributed by atoms with Crippen molar-refractivity contribution >= 4 is 11.6 Å². The van der Waals surface area contributed by atoms with Crippen LogP contribution >= 0.6 is 0 Å². The van der Waals surface area contributed by atoms with E-state index in [1.165, 1.54) is 12.1 Å². The van der Waals surface area contributed by atoms with Crippen molar-refractivity contribution in [3.63, 3.8) is 0 Å². The summed E-state index contributed by atoms with van der Waals surface area (Å²) in [6, 6.07) is 3.81. The third kappa shape index (κ3) is 4.86. The van der Waals surface area contributed by atoms with E-state index in [9.17, 15) is 18.0 Å². The zero-order valence-electron chi connectivity index (χ0n) is 18.1. The third-order valence-electron chi connectivity index (χ3n) is 6.60. The predicted octanol–water partition coefficient (Wildman–Crippen LogP) is 4.19. The highest BCUT2D eigenvalue weighted by Crippen LogP contribution is 2.49. The molecule has 0 spiro atoms. The van der Waals surface area contributed by atoms with Crippen LogP contribution in [0.25, 0.3) is 0 Å². The van der Waals surface area contributed by atoms with E-state index in [4.69, 9.17) is 4.74 Å². The van der Waals surface area contributed by atoms with Crippen LogP contribution < -0.4 is 16.0 Å². The summed E-state index contributed by atoms with van der Waals surface area (Å²) in [4.78, 5) is 12.7. The summed E-state index contributed by atoms with van der Waals surface area (Å²) >= 11 is 0. The van der Waals surface area contributed by atoms with E-state index in [2.05, 4.69) is 28.1 Å². The molecule has 8 heteroatoms. The Bertz CT molecular complexity index is 884. The first kappa shape index (κ1) is 22.9. The van der Waals surface area contributed by atoms with Gasteiger partial charge in [-0.15, -0.1) is 0 Å². The number of nitrogens with one attached hydrogen (secondary N) is 3. The van der Waals surface area contributed by atoms with Gasteiger partial charge >= 0.3 is 6.18 Å². The van der Waals surface area contributed by atoms with E-state index >= 15 is 0 Å². The molecule has 1 aliphatic carbocycles. The number of hydrogen-bond acceptors (Lipinski definition) is 4. The van der Waals surface area contributed by atoms with E-state index in [0.717, 1.165) is 25.5 Å². The van der Waals surface area contributed by atoms with Gasteiger partial charge in [-0.3, -0.25) is 4.79 Å². The molecule has 0 radical (unpaired) electrons. The number of anilines is 1. The molecule has 1 amide bonds. The first-order chi connectivity index (χ1) is 15.4. The second-order valence-corrected chi connectivity index (χ2v) is 8.72. The van der Waals surface area contributed by atoms with Crippen molar-refractivity contribution in [2.24, 2.45) is 11.8 Å². The second kappa shape index (κ2) is 9.67. The fourth-order valence-corrected chi connectivity index (χ4v) is 4.98. The van der Waals surface area contributed by atoms with Gasteiger partial charge in [0.25, 0.3) is 0 Å². The Morgan fingerprint density at radius 2 is 2.06 bits per heavy atom. The fourth-order valence-electron chi connectivity index (χ4n) is 4.98. The minimum Gasteiger partial charge on any atom is -0.381 e. The van der Waals surface area contributed by atoms with Gasteiger partial charge in [0.1, 0.15) is 6.10 Å². The molecule has 1 aromatic rings. The van der Waals surface area contributed by atoms with E-state index in [-0.39, 0.29) is 23.8 Å². The summed E-state index contributed by atoms with van der Waals surface area (Å²) in [5, 5.41) is 9.42. The number of carbonyl (C=O) groups excluding carboxylic acids is 1. The number of fused-ring (bicyclic) bond motifs is 3. The molecule has 4 rings (SSSR count). The minimum atomic E-state index is -4.43. The van der Waals surface area contributed by atoms with Crippen LogP contribution in [0, 0.1) is 11.8 Å². The molecule has 0 saturated carbocycles. The average Bonchev–Trinajstić information content (AvgIpc) is 2.80. The van der Waals surface area contributed by atoms with Crippen molar-refractivity contribution < 1.29 is 22.7 Å². The molecule has 3 N–H and O–H groups in total. The molecule has 5 atom stereocenters. The maximum atomic E-state index is 13.4. The summed E-state index contributed by atoms with van der Waals surface area (Å²) in [6.45, 7) is 1.33. The Morgan fingerprint density at radius 1 is 1.22 bits per heavy atom. The van der Waals surface area contributed by atoms with Gasteiger partial charge in [-0.1, -0.05) is 24.3 Å². The van der Waals surface area contributed by atoms with Gasteiger partial charge in [0.15, 0.2) is 0 Å². The SMILES string of the molecule is CNCCCNC(=O)[C@H]1CC[C@@H]2[C@H](O1)c1cc(C(F)(F)F)ccc1N[C@H]2C1C=CC=CC1. The Hall–Kier alpha value is -2.32. The highest BCUT2D eigenvalue weighted by Gasteiger charge is 2.46. The van der Waals surface area contributed by atoms with Crippen molar-refractivity contribution in [2.75, 3.05) is 25.5 Å². The van der Waals surface area contributed by atoms with E-state index in [1.54, 1.807) is 0 Å². The van der Waals surface area contributed by atoms with Gasteiger partial charge in [-0.25, -0.2) is 0 Å². The molecule has 3 aliphatic rings. The molecule has 0 bridgehead atoms. The lowest BCUT2D eigenvalue weighted by Crippen LogP contribution is -2.49. The number of carbonyl (C=O) groups is 1. The largest absolute Gasteiger partial charge is 0.416 e. The van der Waals surface area contributed by atoms with Gasteiger partial charge in [0.2, 0.25) is 5.91 Å². The number of ether oxygens (including phenoxy) is 1. The first-order valence-electron chi connectivity index (χ1n) is 11.3. The highest BCUT2D eigenvalue weighted by molar-refractivity contribution is 5.81. The lowest BCUT2D eigenvalue weighted by molar-refractivity contribution is -0.150. The summed E-state index contributed by atoms with van der Waals surface area (Å²) in [7, 11) is 1.85. The zero-order chi connectivity index (χ0) is 22.7. The summed E-state index contributed by atoms with van der Waals surface area (Å²) in [6.07, 6.45) is 5.54. The monoisotopic (exact) mass is 449 g/mol. The molecule has 0 aromatic heterocycles. The van der Waals surface area contributed by atoms with E-state index in [1.807, 2.05) is 19.2 Å². The smallest absolute Gasteiger partial charge is 0.381 e. The highest BCUT2D eigenvalue weighted by atomic mass is 19.4. The van der Waals surface area contributed by atoms with Crippen LogP contribution in [0.4, 0.5) is 18.9 Å². The second-order valence-electron chi connectivity index (χ2n) is 8.72. The summed E-state index contributed by atoms with van der Waals surface area (Å²) in [5.74, 6) is 0.0163. The lowest BCUT2D eigenvalue weighted by Gasteiger charge is -2.47. The Labute approximate surface area is 186 Å². The van der Waals surface area contributed by atoms with Crippen LogP contribution in [0.1, 0.15) is 42.9 Å². The molecule has 174 valence electrons. The Balaban J connectivity index is 1.59. The van der Waals surface area contributed by atoms with Crippen LogP contribution in [0.5, 0.6) is 0 Å². The van der Waals surface area contributed by atoms with E-state index < -0.39 is 23.9 Å². The third-order valence-corrected chi connectivity index (χ3v) is 6.60. The molecule has 2 heterocycles. The van der Waals surface area contributed by atoms with Gasteiger partial charge in [0, 0.05) is 35.7 Å². The number of alkyl halides is 3. The molecule has 1 saturated heterocycles.